The van der Waals surface area contributed by atoms with Gasteiger partial charge in [-0.25, -0.2) is 0 Å². The maximum Gasteiger partial charge on any atom is 0.171 e. The Morgan fingerprint density at radius 1 is 1.33 bits per heavy atom. The Balaban J connectivity index is 2.54. The van der Waals surface area contributed by atoms with E-state index in [4.69, 9.17) is 16.3 Å². The molecular formula is C15H15ClO2. The summed E-state index contributed by atoms with van der Waals surface area (Å²) in [6.45, 7) is 1.92. The van der Waals surface area contributed by atoms with Gasteiger partial charge in [-0.2, -0.15) is 0 Å². The molecule has 0 aliphatic heterocycles. The summed E-state index contributed by atoms with van der Waals surface area (Å²) in [6, 6.07) is 9.84. The number of ether oxygens (including phenoxy) is 1. The molecule has 0 saturated carbocycles. The van der Waals surface area contributed by atoms with Crippen LogP contribution >= 0.6 is 11.6 Å². The molecule has 1 aromatic rings. The normalized spacial score (nSPS) is 23.8. The third-order valence-corrected chi connectivity index (χ3v) is 3.73. The minimum absolute atomic E-state index is 0.390. The number of aldehydes is 1. The summed E-state index contributed by atoms with van der Waals surface area (Å²) in [5, 5.41) is -0.961. The van der Waals surface area contributed by atoms with Crippen molar-refractivity contribution in [3.63, 3.8) is 0 Å². The zero-order chi connectivity index (χ0) is 13.2. The zero-order valence-corrected chi connectivity index (χ0v) is 11.2. The maximum atomic E-state index is 11.0. The molecule has 0 amide bonds. The van der Waals surface area contributed by atoms with Gasteiger partial charge in [-0.15, -0.1) is 0 Å². The average Bonchev–Trinajstić information content (AvgIpc) is 2.42. The SMILES string of the molecule is COC1(Cl)CC(C=O)=C(C)C=C1c1ccccc1. The first-order valence-corrected chi connectivity index (χ1v) is 6.15. The summed E-state index contributed by atoms with van der Waals surface area (Å²) in [4.78, 5) is 11.0. The Bertz CT molecular complexity index is 517. The number of alkyl halides is 1. The van der Waals surface area contributed by atoms with E-state index >= 15 is 0 Å². The van der Waals surface area contributed by atoms with Crippen molar-refractivity contribution in [1.29, 1.82) is 0 Å². The van der Waals surface area contributed by atoms with Crippen molar-refractivity contribution in [2.45, 2.75) is 18.4 Å². The summed E-state index contributed by atoms with van der Waals surface area (Å²) in [5.74, 6) is 0. The lowest BCUT2D eigenvalue weighted by atomic mass is 9.87. The van der Waals surface area contributed by atoms with E-state index in [1.54, 1.807) is 7.11 Å². The molecule has 18 heavy (non-hydrogen) atoms. The van der Waals surface area contributed by atoms with E-state index < -0.39 is 5.06 Å². The molecule has 2 rings (SSSR count). The second-order valence-electron chi connectivity index (χ2n) is 4.36. The molecule has 0 spiro atoms. The predicted molar refractivity (Wildman–Crippen MR) is 73.4 cm³/mol. The minimum Gasteiger partial charge on any atom is -0.358 e. The number of methoxy groups -OCH3 is 1. The fraction of sp³-hybridized carbons (Fsp3) is 0.267. The van der Waals surface area contributed by atoms with Gasteiger partial charge >= 0.3 is 0 Å². The quantitative estimate of drug-likeness (QED) is 0.615. The summed E-state index contributed by atoms with van der Waals surface area (Å²) < 4.78 is 5.43. The van der Waals surface area contributed by atoms with Gasteiger partial charge in [0.25, 0.3) is 0 Å². The van der Waals surface area contributed by atoms with Crippen LogP contribution in [-0.2, 0) is 9.53 Å². The maximum absolute atomic E-state index is 11.0. The van der Waals surface area contributed by atoms with Crippen LogP contribution in [0.3, 0.4) is 0 Å². The van der Waals surface area contributed by atoms with Crippen LogP contribution in [-0.4, -0.2) is 18.5 Å². The first-order chi connectivity index (χ1) is 8.60. The van der Waals surface area contributed by atoms with Gasteiger partial charge in [0.05, 0.1) is 0 Å². The van der Waals surface area contributed by atoms with Crippen molar-refractivity contribution in [1.82, 2.24) is 0 Å². The second-order valence-corrected chi connectivity index (χ2v) is 4.97. The van der Waals surface area contributed by atoms with E-state index in [9.17, 15) is 4.79 Å². The fourth-order valence-corrected chi connectivity index (χ4v) is 2.44. The van der Waals surface area contributed by atoms with Crippen molar-refractivity contribution >= 4 is 23.5 Å². The third kappa shape index (κ3) is 2.26. The van der Waals surface area contributed by atoms with Crippen molar-refractivity contribution in [2.75, 3.05) is 7.11 Å². The molecule has 1 aliphatic carbocycles. The molecule has 0 saturated heterocycles. The number of carbonyl (C=O) groups is 1. The summed E-state index contributed by atoms with van der Waals surface area (Å²) in [7, 11) is 1.56. The zero-order valence-electron chi connectivity index (χ0n) is 10.4. The highest BCUT2D eigenvalue weighted by Gasteiger charge is 2.36. The van der Waals surface area contributed by atoms with Crippen LogP contribution in [0.15, 0.2) is 47.6 Å². The van der Waals surface area contributed by atoms with Gasteiger partial charge in [0.2, 0.25) is 0 Å². The Morgan fingerprint density at radius 3 is 2.56 bits per heavy atom. The molecule has 0 radical (unpaired) electrons. The van der Waals surface area contributed by atoms with Crippen LogP contribution < -0.4 is 0 Å². The number of hydrogen-bond donors (Lipinski definition) is 0. The van der Waals surface area contributed by atoms with Gasteiger partial charge in [0, 0.05) is 19.1 Å². The number of rotatable bonds is 3. The molecule has 2 nitrogen and oxygen atoms in total. The van der Waals surface area contributed by atoms with Crippen LogP contribution in [0.5, 0.6) is 0 Å². The lowest BCUT2D eigenvalue weighted by Crippen LogP contribution is -2.29. The largest absolute Gasteiger partial charge is 0.358 e. The van der Waals surface area contributed by atoms with Crippen molar-refractivity contribution in [2.24, 2.45) is 0 Å². The Labute approximate surface area is 112 Å². The van der Waals surface area contributed by atoms with E-state index in [1.165, 1.54) is 0 Å². The first kappa shape index (κ1) is 13.1. The number of halogens is 1. The number of allylic oxidation sites excluding steroid dienone is 2. The van der Waals surface area contributed by atoms with E-state index in [0.717, 1.165) is 23.0 Å². The molecule has 1 atom stereocenters. The highest BCUT2D eigenvalue weighted by molar-refractivity contribution is 6.30. The molecule has 1 unspecified atom stereocenters. The molecule has 0 N–H and O–H groups in total. The number of carbonyl (C=O) groups excluding carboxylic acids is 1. The summed E-state index contributed by atoms with van der Waals surface area (Å²) in [6.07, 6.45) is 3.17. The highest BCUT2D eigenvalue weighted by atomic mass is 35.5. The molecular weight excluding hydrogens is 248 g/mol. The van der Waals surface area contributed by atoms with Crippen LogP contribution in [0.25, 0.3) is 5.57 Å². The van der Waals surface area contributed by atoms with Gasteiger partial charge < -0.3 is 4.74 Å². The third-order valence-electron chi connectivity index (χ3n) is 3.24. The van der Waals surface area contributed by atoms with Gasteiger partial charge in [-0.05, 0) is 23.6 Å². The van der Waals surface area contributed by atoms with E-state index in [1.807, 2.05) is 43.3 Å². The molecule has 3 heteroatoms. The van der Waals surface area contributed by atoms with Crippen LogP contribution in [0.4, 0.5) is 0 Å². The van der Waals surface area contributed by atoms with Gasteiger partial charge in [-0.1, -0.05) is 48.0 Å². The van der Waals surface area contributed by atoms with Gasteiger partial charge in [0.1, 0.15) is 6.29 Å². The first-order valence-electron chi connectivity index (χ1n) is 5.77. The van der Waals surface area contributed by atoms with E-state index in [-0.39, 0.29) is 0 Å². The van der Waals surface area contributed by atoms with Crippen LogP contribution in [0.2, 0.25) is 0 Å². The molecule has 0 aromatic heterocycles. The Kier molecular flexibility index (Phi) is 3.69. The standard InChI is InChI=1S/C15H15ClO2/c1-11-8-14(12-6-4-3-5-7-12)15(16,18-2)9-13(11)10-17/h3-8,10H,9H2,1-2H3. The van der Waals surface area contributed by atoms with E-state index in [2.05, 4.69) is 0 Å². The van der Waals surface area contributed by atoms with Crippen LogP contribution in [0.1, 0.15) is 18.9 Å². The van der Waals surface area contributed by atoms with Crippen molar-refractivity contribution < 1.29 is 9.53 Å². The van der Waals surface area contributed by atoms with Crippen LogP contribution in [0, 0.1) is 0 Å². The fourth-order valence-electron chi connectivity index (χ4n) is 2.13. The molecule has 0 bridgehead atoms. The molecule has 0 fully saturated rings. The summed E-state index contributed by atoms with van der Waals surface area (Å²) >= 11 is 6.52. The van der Waals surface area contributed by atoms with E-state index in [0.29, 0.717) is 12.0 Å². The molecule has 1 aliphatic rings. The average molecular weight is 263 g/mol. The van der Waals surface area contributed by atoms with Crippen molar-refractivity contribution in [3.8, 4) is 0 Å². The lowest BCUT2D eigenvalue weighted by molar-refractivity contribution is -0.105. The lowest BCUT2D eigenvalue weighted by Gasteiger charge is -2.32. The molecule has 1 aromatic carbocycles. The molecule has 94 valence electrons. The van der Waals surface area contributed by atoms with Gasteiger partial charge in [-0.3, -0.25) is 4.79 Å². The Morgan fingerprint density at radius 2 is 2.00 bits per heavy atom. The predicted octanol–water partition coefficient (Wildman–Crippen LogP) is 3.57. The van der Waals surface area contributed by atoms with Gasteiger partial charge in [0.15, 0.2) is 5.06 Å². The molecule has 0 heterocycles. The minimum atomic E-state index is -0.961. The number of benzene rings is 1. The number of hydrogen-bond acceptors (Lipinski definition) is 2. The monoisotopic (exact) mass is 262 g/mol. The summed E-state index contributed by atoms with van der Waals surface area (Å²) in [5.41, 5.74) is 3.54. The topological polar surface area (TPSA) is 26.3 Å². The smallest absolute Gasteiger partial charge is 0.171 e. The highest BCUT2D eigenvalue weighted by Crippen LogP contribution is 2.43. The Hall–Kier alpha value is -1.38. The second kappa shape index (κ2) is 5.09. The van der Waals surface area contributed by atoms with Crippen molar-refractivity contribution in [3.05, 3.63) is 53.1 Å².